The van der Waals surface area contributed by atoms with Crippen LogP contribution in [0, 0.1) is 11.3 Å². The number of hydrogen-bond donors (Lipinski definition) is 0. The highest BCUT2D eigenvalue weighted by atomic mass is 35.5. The van der Waals surface area contributed by atoms with E-state index in [9.17, 15) is 0 Å². The van der Waals surface area contributed by atoms with Crippen molar-refractivity contribution in [3.05, 3.63) is 64.1 Å². The lowest BCUT2D eigenvalue weighted by atomic mass is 10.1. The smallest absolute Gasteiger partial charge is 0.148 e. The van der Waals surface area contributed by atoms with Gasteiger partial charge in [0.2, 0.25) is 0 Å². The lowest BCUT2D eigenvalue weighted by Gasteiger charge is -2.00. The van der Waals surface area contributed by atoms with Crippen molar-refractivity contribution < 1.29 is 0 Å². The van der Waals surface area contributed by atoms with Crippen LogP contribution in [0.2, 0.25) is 10.0 Å². The van der Waals surface area contributed by atoms with Crippen molar-refractivity contribution in [1.82, 2.24) is 0 Å². The topological polar surface area (TPSA) is 36.1 Å². The summed E-state index contributed by atoms with van der Waals surface area (Å²) in [7, 11) is 0. The maximum atomic E-state index is 9.12. The van der Waals surface area contributed by atoms with Gasteiger partial charge in [-0.15, -0.1) is 0 Å². The lowest BCUT2D eigenvalue weighted by molar-refractivity contribution is 1.48. The van der Waals surface area contributed by atoms with Crippen molar-refractivity contribution in [2.75, 3.05) is 0 Å². The summed E-state index contributed by atoms with van der Waals surface area (Å²) in [5, 5.41) is 10.0. The van der Waals surface area contributed by atoms with Gasteiger partial charge in [0.25, 0.3) is 0 Å². The Hall–Kier alpha value is -1.82. The van der Waals surface area contributed by atoms with Gasteiger partial charge in [-0.2, -0.15) is 5.26 Å². The normalized spacial score (nSPS) is 11.1. The molecule has 0 atom stereocenters. The molecule has 0 saturated heterocycles. The minimum atomic E-state index is 0.342. The SMILES string of the molecule is N#CC(=Nc1ccc(Cl)c(Cl)c1)c1ccccc1. The van der Waals surface area contributed by atoms with E-state index in [4.69, 9.17) is 28.5 Å². The van der Waals surface area contributed by atoms with Crippen molar-refractivity contribution in [2.45, 2.75) is 0 Å². The third kappa shape index (κ3) is 2.89. The Morgan fingerprint density at radius 2 is 1.72 bits per heavy atom. The van der Waals surface area contributed by atoms with Gasteiger partial charge >= 0.3 is 0 Å². The number of hydrogen-bond acceptors (Lipinski definition) is 2. The number of nitriles is 1. The monoisotopic (exact) mass is 274 g/mol. The Morgan fingerprint density at radius 1 is 1.00 bits per heavy atom. The van der Waals surface area contributed by atoms with Gasteiger partial charge in [0, 0.05) is 5.56 Å². The second-order valence-electron chi connectivity index (χ2n) is 3.54. The zero-order valence-corrected chi connectivity index (χ0v) is 10.8. The summed E-state index contributed by atoms with van der Waals surface area (Å²) in [4.78, 5) is 4.26. The molecule has 0 aliphatic carbocycles. The van der Waals surface area contributed by atoms with Crippen LogP contribution in [0.25, 0.3) is 0 Å². The summed E-state index contributed by atoms with van der Waals surface area (Å²) < 4.78 is 0. The summed E-state index contributed by atoms with van der Waals surface area (Å²) in [5.74, 6) is 0. The first-order chi connectivity index (χ1) is 8.70. The fourth-order valence-electron chi connectivity index (χ4n) is 1.43. The van der Waals surface area contributed by atoms with Crippen LogP contribution in [-0.2, 0) is 0 Å². The molecule has 0 unspecified atom stereocenters. The molecule has 0 radical (unpaired) electrons. The molecule has 0 aromatic heterocycles. The molecule has 2 aromatic carbocycles. The van der Waals surface area contributed by atoms with Crippen LogP contribution >= 0.6 is 23.2 Å². The Balaban J connectivity index is 2.42. The van der Waals surface area contributed by atoms with Gasteiger partial charge < -0.3 is 0 Å². The molecule has 18 heavy (non-hydrogen) atoms. The molecule has 0 fully saturated rings. The van der Waals surface area contributed by atoms with Crippen LogP contribution in [0.3, 0.4) is 0 Å². The van der Waals surface area contributed by atoms with Gasteiger partial charge in [-0.05, 0) is 18.2 Å². The molecule has 0 bridgehead atoms. The number of aliphatic imine (C=N–C) groups is 1. The molecule has 0 N–H and O–H groups in total. The second-order valence-corrected chi connectivity index (χ2v) is 4.35. The van der Waals surface area contributed by atoms with E-state index in [-0.39, 0.29) is 0 Å². The number of rotatable bonds is 2. The number of nitrogens with zero attached hydrogens (tertiary/aromatic N) is 2. The minimum Gasteiger partial charge on any atom is -0.237 e. The molecule has 2 nitrogen and oxygen atoms in total. The van der Waals surface area contributed by atoms with Crippen molar-refractivity contribution >= 4 is 34.6 Å². The van der Waals surface area contributed by atoms with Crippen molar-refractivity contribution in [3.63, 3.8) is 0 Å². The van der Waals surface area contributed by atoms with Crippen LogP contribution in [-0.4, -0.2) is 5.71 Å². The van der Waals surface area contributed by atoms with Crippen LogP contribution in [0.4, 0.5) is 5.69 Å². The summed E-state index contributed by atoms with van der Waals surface area (Å²) in [5.41, 5.74) is 1.71. The molecule has 0 heterocycles. The highest BCUT2D eigenvalue weighted by Gasteiger charge is 2.03. The number of halogens is 2. The maximum Gasteiger partial charge on any atom is 0.148 e. The Labute approximate surface area is 115 Å². The highest BCUT2D eigenvalue weighted by Crippen LogP contribution is 2.27. The van der Waals surface area contributed by atoms with Gasteiger partial charge in [0.1, 0.15) is 11.8 Å². The van der Waals surface area contributed by atoms with Crippen LogP contribution in [0.1, 0.15) is 5.56 Å². The zero-order valence-electron chi connectivity index (χ0n) is 9.27. The predicted octanol–water partition coefficient (Wildman–Crippen LogP) is 4.64. The highest BCUT2D eigenvalue weighted by molar-refractivity contribution is 6.42. The number of benzene rings is 2. The minimum absolute atomic E-state index is 0.342. The van der Waals surface area contributed by atoms with Gasteiger partial charge in [-0.3, -0.25) is 0 Å². The largest absolute Gasteiger partial charge is 0.237 e. The third-order valence-electron chi connectivity index (χ3n) is 2.30. The van der Waals surface area contributed by atoms with E-state index >= 15 is 0 Å². The lowest BCUT2D eigenvalue weighted by Crippen LogP contribution is -1.95. The quantitative estimate of drug-likeness (QED) is 0.735. The predicted molar refractivity (Wildman–Crippen MR) is 74.7 cm³/mol. The fourth-order valence-corrected chi connectivity index (χ4v) is 1.73. The summed E-state index contributed by atoms with van der Waals surface area (Å²) >= 11 is 11.7. The third-order valence-corrected chi connectivity index (χ3v) is 3.04. The van der Waals surface area contributed by atoms with E-state index in [2.05, 4.69) is 11.1 Å². The summed E-state index contributed by atoms with van der Waals surface area (Å²) in [6.45, 7) is 0. The van der Waals surface area contributed by atoms with Crippen LogP contribution < -0.4 is 0 Å². The Kier molecular flexibility index (Phi) is 3.99. The maximum absolute atomic E-state index is 9.12. The zero-order chi connectivity index (χ0) is 13.0. The second kappa shape index (κ2) is 5.68. The van der Waals surface area contributed by atoms with E-state index in [1.807, 2.05) is 30.3 Å². The first-order valence-corrected chi connectivity index (χ1v) is 5.95. The molecule has 0 spiro atoms. The van der Waals surface area contributed by atoms with E-state index < -0.39 is 0 Å². The molecule has 0 amide bonds. The van der Waals surface area contributed by atoms with E-state index in [1.165, 1.54) is 0 Å². The van der Waals surface area contributed by atoms with Gasteiger partial charge in [-0.25, -0.2) is 4.99 Å². The first kappa shape index (κ1) is 12.6. The van der Waals surface area contributed by atoms with Crippen molar-refractivity contribution in [2.24, 2.45) is 4.99 Å². The van der Waals surface area contributed by atoms with Crippen LogP contribution in [0.15, 0.2) is 53.5 Å². The molecular weight excluding hydrogens is 267 g/mol. The van der Waals surface area contributed by atoms with E-state index in [1.54, 1.807) is 18.2 Å². The first-order valence-electron chi connectivity index (χ1n) is 5.20. The molecule has 0 aliphatic heterocycles. The van der Waals surface area contributed by atoms with Crippen LogP contribution in [0.5, 0.6) is 0 Å². The summed E-state index contributed by atoms with van der Waals surface area (Å²) in [6.07, 6.45) is 0. The average molecular weight is 275 g/mol. The fraction of sp³-hybridized carbons (Fsp3) is 0. The van der Waals surface area contributed by atoms with Gasteiger partial charge in [-0.1, -0.05) is 53.5 Å². The molecule has 2 aromatic rings. The standard InChI is InChI=1S/C14H8Cl2N2/c15-12-7-6-11(8-13(12)16)18-14(9-17)10-4-2-1-3-5-10/h1-8H. The van der Waals surface area contributed by atoms with Gasteiger partial charge in [0.15, 0.2) is 0 Å². The molecule has 4 heteroatoms. The summed E-state index contributed by atoms with van der Waals surface area (Å²) in [6, 6.07) is 16.3. The molecular formula is C14H8Cl2N2. The molecule has 88 valence electrons. The molecule has 2 rings (SSSR count). The van der Waals surface area contributed by atoms with Gasteiger partial charge in [0.05, 0.1) is 15.7 Å². The molecule has 0 saturated carbocycles. The molecule has 0 aliphatic rings. The Morgan fingerprint density at radius 3 is 2.33 bits per heavy atom. The van der Waals surface area contributed by atoms with Crippen molar-refractivity contribution in [3.8, 4) is 6.07 Å². The Bertz CT molecular complexity index is 628. The van der Waals surface area contributed by atoms with E-state index in [0.717, 1.165) is 5.56 Å². The van der Waals surface area contributed by atoms with Crippen molar-refractivity contribution in [1.29, 1.82) is 5.26 Å². The van der Waals surface area contributed by atoms with E-state index in [0.29, 0.717) is 21.4 Å². The average Bonchev–Trinajstić information content (AvgIpc) is 2.41.